The van der Waals surface area contributed by atoms with E-state index < -0.39 is 0 Å². The number of ether oxygens (including phenoxy) is 1. The van der Waals surface area contributed by atoms with Gasteiger partial charge >= 0.3 is 0 Å². The lowest BCUT2D eigenvalue weighted by atomic mass is 10.1. The van der Waals surface area contributed by atoms with Gasteiger partial charge in [0.1, 0.15) is 0 Å². The van der Waals surface area contributed by atoms with Crippen LogP contribution in [0.25, 0.3) is 0 Å². The maximum atomic E-state index is 12.1. The monoisotopic (exact) mass is 335 g/mol. The van der Waals surface area contributed by atoms with Crippen LogP contribution in [0.1, 0.15) is 16.8 Å². The summed E-state index contributed by atoms with van der Waals surface area (Å²) >= 11 is 3.40. The summed E-state index contributed by atoms with van der Waals surface area (Å²) in [5.41, 5.74) is 2.96. The Bertz CT molecular complexity index is 639. The van der Waals surface area contributed by atoms with E-state index >= 15 is 0 Å². The van der Waals surface area contributed by atoms with Crippen molar-refractivity contribution in [1.82, 2.24) is 10.2 Å². The molecule has 1 aromatic carbocycles. The van der Waals surface area contributed by atoms with Crippen molar-refractivity contribution < 1.29 is 9.53 Å². The van der Waals surface area contributed by atoms with Crippen molar-refractivity contribution in [2.45, 2.75) is 19.4 Å². The molecular formula is C14H14BrN3O2. The predicted molar refractivity (Wildman–Crippen MR) is 78.4 cm³/mol. The lowest BCUT2D eigenvalue weighted by Crippen LogP contribution is -2.17. The molecule has 1 aliphatic heterocycles. The highest BCUT2D eigenvalue weighted by Crippen LogP contribution is 2.22. The number of benzene rings is 1. The molecule has 104 valence electrons. The van der Waals surface area contributed by atoms with Crippen LogP contribution in [0.4, 0.5) is 5.82 Å². The molecule has 0 saturated carbocycles. The molecule has 6 heteroatoms. The minimum Gasteiger partial charge on any atom is -0.376 e. The molecule has 2 N–H and O–H groups in total. The van der Waals surface area contributed by atoms with Gasteiger partial charge in [-0.15, -0.1) is 0 Å². The Morgan fingerprint density at radius 1 is 1.50 bits per heavy atom. The Morgan fingerprint density at radius 3 is 3.25 bits per heavy atom. The van der Waals surface area contributed by atoms with Crippen LogP contribution < -0.4 is 5.32 Å². The van der Waals surface area contributed by atoms with E-state index in [1.807, 2.05) is 24.3 Å². The Balaban J connectivity index is 1.69. The van der Waals surface area contributed by atoms with Gasteiger partial charge in [0.25, 0.3) is 0 Å². The van der Waals surface area contributed by atoms with E-state index in [0.717, 1.165) is 27.7 Å². The third-order valence-corrected chi connectivity index (χ3v) is 3.70. The van der Waals surface area contributed by atoms with Crippen molar-refractivity contribution in [3.63, 3.8) is 0 Å². The number of hydrogen-bond acceptors (Lipinski definition) is 3. The highest BCUT2D eigenvalue weighted by Gasteiger charge is 2.18. The van der Waals surface area contributed by atoms with Crippen LogP contribution in [0.2, 0.25) is 0 Å². The molecule has 0 fully saturated rings. The maximum Gasteiger partial charge on any atom is 0.230 e. The van der Waals surface area contributed by atoms with Gasteiger partial charge in [-0.3, -0.25) is 9.89 Å². The van der Waals surface area contributed by atoms with E-state index in [1.165, 1.54) is 0 Å². The van der Waals surface area contributed by atoms with Gasteiger partial charge in [-0.05, 0) is 17.7 Å². The molecule has 0 bridgehead atoms. The summed E-state index contributed by atoms with van der Waals surface area (Å²) in [6, 6.07) is 7.70. The van der Waals surface area contributed by atoms with Crippen LogP contribution in [0.3, 0.4) is 0 Å². The second-order valence-electron chi connectivity index (χ2n) is 4.69. The average molecular weight is 336 g/mol. The summed E-state index contributed by atoms with van der Waals surface area (Å²) in [7, 11) is 0. The van der Waals surface area contributed by atoms with Crippen molar-refractivity contribution >= 4 is 27.7 Å². The van der Waals surface area contributed by atoms with Crippen molar-refractivity contribution in [1.29, 1.82) is 0 Å². The highest BCUT2D eigenvalue weighted by atomic mass is 79.9. The molecule has 20 heavy (non-hydrogen) atoms. The van der Waals surface area contributed by atoms with Crippen LogP contribution >= 0.6 is 15.9 Å². The quantitative estimate of drug-likeness (QED) is 0.905. The number of carbonyl (C=O) groups excluding carboxylic acids is 1. The zero-order chi connectivity index (χ0) is 13.9. The molecular weight excluding hydrogens is 322 g/mol. The van der Waals surface area contributed by atoms with Crippen LogP contribution in [0, 0.1) is 0 Å². The summed E-state index contributed by atoms with van der Waals surface area (Å²) in [4.78, 5) is 12.1. The number of amides is 1. The number of halogens is 1. The molecule has 0 spiro atoms. The Morgan fingerprint density at radius 2 is 2.40 bits per heavy atom. The molecule has 0 saturated heterocycles. The topological polar surface area (TPSA) is 67.0 Å². The Hall–Kier alpha value is -1.66. The molecule has 0 aliphatic carbocycles. The van der Waals surface area contributed by atoms with E-state index in [4.69, 9.17) is 4.74 Å². The third-order valence-electron chi connectivity index (χ3n) is 3.21. The van der Waals surface area contributed by atoms with Gasteiger partial charge in [0, 0.05) is 22.2 Å². The van der Waals surface area contributed by atoms with E-state index in [0.29, 0.717) is 25.5 Å². The van der Waals surface area contributed by atoms with Crippen molar-refractivity contribution in [2.24, 2.45) is 0 Å². The van der Waals surface area contributed by atoms with Crippen LogP contribution in [-0.4, -0.2) is 22.7 Å². The first kappa shape index (κ1) is 13.3. The van der Waals surface area contributed by atoms with Gasteiger partial charge in [0.15, 0.2) is 5.82 Å². The van der Waals surface area contributed by atoms with Crippen molar-refractivity contribution in [3.8, 4) is 0 Å². The van der Waals surface area contributed by atoms with E-state index in [2.05, 4.69) is 31.4 Å². The number of nitrogens with one attached hydrogen (secondary N) is 2. The van der Waals surface area contributed by atoms with Crippen LogP contribution in [0.5, 0.6) is 0 Å². The minimum absolute atomic E-state index is 0.0806. The molecule has 1 aliphatic rings. The standard InChI is InChI=1S/C14H14BrN3O2/c15-10-3-1-2-9(6-10)7-13(19)16-14-11-8-20-5-4-12(11)17-18-14/h1-3,6H,4-5,7-8H2,(H2,16,17,18,19). The summed E-state index contributed by atoms with van der Waals surface area (Å²) in [5.74, 6) is 0.502. The fraction of sp³-hybridized carbons (Fsp3) is 0.286. The largest absolute Gasteiger partial charge is 0.376 e. The molecule has 0 unspecified atom stereocenters. The minimum atomic E-state index is -0.0806. The van der Waals surface area contributed by atoms with Gasteiger partial charge in [0.05, 0.1) is 19.6 Å². The number of fused-ring (bicyclic) bond motifs is 1. The molecule has 2 heterocycles. The lowest BCUT2D eigenvalue weighted by Gasteiger charge is -2.12. The normalized spacial score (nSPS) is 13.8. The maximum absolute atomic E-state index is 12.1. The first-order valence-electron chi connectivity index (χ1n) is 6.40. The third kappa shape index (κ3) is 2.91. The Kier molecular flexibility index (Phi) is 3.84. The lowest BCUT2D eigenvalue weighted by molar-refractivity contribution is -0.115. The fourth-order valence-electron chi connectivity index (χ4n) is 2.22. The second kappa shape index (κ2) is 5.76. The molecule has 5 nitrogen and oxygen atoms in total. The summed E-state index contributed by atoms with van der Waals surface area (Å²) in [6.07, 6.45) is 1.13. The zero-order valence-electron chi connectivity index (χ0n) is 10.8. The van der Waals surface area contributed by atoms with Gasteiger partial charge in [-0.2, -0.15) is 5.10 Å². The number of carbonyl (C=O) groups is 1. The summed E-state index contributed by atoms with van der Waals surface area (Å²) in [6.45, 7) is 1.19. The summed E-state index contributed by atoms with van der Waals surface area (Å²) < 4.78 is 6.36. The van der Waals surface area contributed by atoms with E-state index in [9.17, 15) is 4.79 Å². The van der Waals surface area contributed by atoms with Gasteiger partial charge in [0.2, 0.25) is 5.91 Å². The van der Waals surface area contributed by atoms with Crippen molar-refractivity contribution in [2.75, 3.05) is 11.9 Å². The fourth-order valence-corrected chi connectivity index (χ4v) is 2.67. The SMILES string of the molecule is O=C(Cc1cccc(Br)c1)Nc1n[nH]c2c1COCC2. The first-order valence-corrected chi connectivity index (χ1v) is 7.20. The molecule has 0 radical (unpaired) electrons. The second-order valence-corrected chi connectivity index (χ2v) is 5.60. The Labute approximate surface area is 124 Å². The van der Waals surface area contributed by atoms with E-state index in [-0.39, 0.29) is 5.91 Å². The highest BCUT2D eigenvalue weighted by molar-refractivity contribution is 9.10. The predicted octanol–water partition coefficient (Wildman–Crippen LogP) is 2.43. The number of rotatable bonds is 3. The molecule has 3 rings (SSSR count). The average Bonchev–Trinajstić information content (AvgIpc) is 2.82. The molecule has 1 amide bonds. The number of aromatic amines is 1. The molecule has 2 aromatic rings. The molecule has 0 atom stereocenters. The molecule has 1 aromatic heterocycles. The van der Waals surface area contributed by atoms with E-state index in [1.54, 1.807) is 0 Å². The van der Waals surface area contributed by atoms with Crippen LogP contribution in [0.15, 0.2) is 28.7 Å². The van der Waals surface area contributed by atoms with Gasteiger partial charge in [-0.25, -0.2) is 0 Å². The smallest absolute Gasteiger partial charge is 0.230 e. The number of nitrogens with zero attached hydrogens (tertiary/aromatic N) is 1. The number of aromatic nitrogens is 2. The van der Waals surface area contributed by atoms with Crippen molar-refractivity contribution in [3.05, 3.63) is 45.6 Å². The van der Waals surface area contributed by atoms with Crippen LogP contribution in [-0.2, 0) is 29.0 Å². The zero-order valence-corrected chi connectivity index (χ0v) is 12.4. The number of hydrogen-bond donors (Lipinski definition) is 2. The van der Waals surface area contributed by atoms with Gasteiger partial charge in [-0.1, -0.05) is 28.1 Å². The first-order chi connectivity index (χ1) is 9.72. The summed E-state index contributed by atoms with van der Waals surface area (Å²) in [5, 5.41) is 9.94. The van der Waals surface area contributed by atoms with Gasteiger partial charge < -0.3 is 10.1 Å². The number of H-pyrrole nitrogens is 1. The number of anilines is 1.